The number of anilines is 1. The van der Waals surface area contributed by atoms with Gasteiger partial charge in [-0.1, -0.05) is 11.8 Å². The van der Waals surface area contributed by atoms with Gasteiger partial charge in [-0.25, -0.2) is 4.98 Å². The average molecular weight is 302 g/mol. The van der Waals surface area contributed by atoms with Crippen molar-refractivity contribution in [3.05, 3.63) is 35.2 Å². The van der Waals surface area contributed by atoms with Crippen LogP contribution < -0.4 is 15.8 Å². The maximum atomic E-state index is 12.2. The number of benzene rings is 1. The second-order valence-electron chi connectivity index (χ2n) is 4.02. The Morgan fingerprint density at radius 2 is 2.33 bits per heavy atom. The van der Waals surface area contributed by atoms with Crippen LogP contribution >= 0.6 is 11.5 Å². The molecule has 0 spiro atoms. The third-order valence-corrected chi connectivity index (χ3v) is 3.26. The Morgan fingerprint density at radius 1 is 1.52 bits per heavy atom. The fourth-order valence-electron chi connectivity index (χ4n) is 1.61. The Kier molecular flexibility index (Phi) is 4.87. The summed E-state index contributed by atoms with van der Waals surface area (Å²) in [5, 5.41) is 3.15. The van der Waals surface area contributed by atoms with E-state index >= 15 is 0 Å². The SMILES string of the molecule is COc1ccc(C(=O)Nc2nc(C)ns2)cc1C#CCN. The van der Waals surface area contributed by atoms with Gasteiger partial charge in [0.15, 0.2) is 0 Å². The van der Waals surface area contributed by atoms with Crippen LogP contribution in [0.5, 0.6) is 5.75 Å². The molecule has 0 aliphatic heterocycles. The van der Waals surface area contributed by atoms with Crippen LogP contribution in [0, 0.1) is 18.8 Å². The first kappa shape index (κ1) is 15.0. The molecule has 108 valence electrons. The van der Waals surface area contributed by atoms with Crippen molar-refractivity contribution in [2.45, 2.75) is 6.92 Å². The standard InChI is InChI=1S/C14H14N4O2S/c1-9-16-14(21-18-9)17-13(19)11-5-6-12(20-2)10(8-11)4-3-7-15/h5-6,8H,7,15H2,1-2H3,(H,16,17,18,19). The molecule has 2 rings (SSSR count). The summed E-state index contributed by atoms with van der Waals surface area (Å²) in [5.41, 5.74) is 6.44. The van der Waals surface area contributed by atoms with Crippen LogP contribution in [0.1, 0.15) is 21.7 Å². The molecule has 3 N–H and O–H groups in total. The molecule has 0 bridgehead atoms. The van der Waals surface area contributed by atoms with Gasteiger partial charge >= 0.3 is 0 Å². The van der Waals surface area contributed by atoms with Crippen molar-refractivity contribution < 1.29 is 9.53 Å². The Labute approximate surface area is 126 Å². The van der Waals surface area contributed by atoms with Crippen LogP contribution in [0.15, 0.2) is 18.2 Å². The van der Waals surface area contributed by atoms with Crippen molar-refractivity contribution in [3.63, 3.8) is 0 Å². The van der Waals surface area contributed by atoms with Crippen molar-refractivity contribution in [2.75, 3.05) is 19.0 Å². The zero-order chi connectivity index (χ0) is 15.2. The number of aromatic nitrogens is 2. The van der Waals surface area contributed by atoms with E-state index in [4.69, 9.17) is 10.5 Å². The highest BCUT2D eigenvalue weighted by atomic mass is 32.1. The van der Waals surface area contributed by atoms with Crippen LogP contribution in [-0.4, -0.2) is 28.9 Å². The molecular weight excluding hydrogens is 288 g/mol. The largest absolute Gasteiger partial charge is 0.495 e. The summed E-state index contributed by atoms with van der Waals surface area (Å²) in [4.78, 5) is 16.3. The second-order valence-corrected chi connectivity index (χ2v) is 4.77. The van der Waals surface area contributed by atoms with E-state index in [9.17, 15) is 4.79 Å². The summed E-state index contributed by atoms with van der Waals surface area (Å²) >= 11 is 1.14. The molecular formula is C14H14N4O2S. The third kappa shape index (κ3) is 3.78. The number of amides is 1. The number of hydrogen-bond acceptors (Lipinski definition) is 6. The van der Waals surface area contributed by atoms with E-state index in [1.165, 1.54) is 0 Å². The third-order valence-electron chi connectivity index (χ3n) is 2.53. The minimum Gasteiger partial charge on any atom is -0.495 e. The molecule has 0 saturated carbocycles. The normalized spacial score (nSPS) is 9.67. The number of nitrogens with two attached hydrogens (primary N) is 1. The van der Waals surface area contributed by atoms with Gasteiger partial charge in [-0.2, -0.15) is 4.37 Å². The number of hydrogen-bond donors (Lipinski definition) is 2. The quantitative estimate of drug-likeness (QED) is 0.837. The van der Waals surface area contributed by atoms with E-state index in [1.54, 1.807) is 32.2 Å². The van der Waals surface area contributed by atoms with E-state index < -0.39 is 0 Å². The van der Waals surface area contributed by atoms with Gasteiger partial charge in [0.25, 0.3) is 5.91 Å². The number of aryl methyl sites for hydroxylation is 1. The van der Waals surface area contributed by atoms with Gasteiger partial charge in [-0.15, -0.1) is 0 Å². The number of methoxy groups -OCH3 is 1. The highest BCUT2D eigenvalue weighted by Gasteiger charge is 2.11. The van der Waals surface area contributed by atoms with Crippen molar-refractivity contribution in [1.82, 2.24) is 9.36 Å². The van der Waals surface area contributed by atoms with Gasteiger partial charge in [-0.3, -0.25) is 10.1 Å². The molecule has 0 fully saturated rings. The van der Waals surface area contributed by atoms with Crippen molar-refractivity contribution >= 4 is 22.6 Å². The predicted molar refractivity (Wildman–Crippen MR) is 81.5 cm³/mol. The lowest BCUT2D eigenvalue weighted by Gasteiger charge is -2.06. The molecule has 1 aromatic heterocycles. The summed E-state index contributed by atoms with van der Waals surface area (Å²) in [6.07, 6.45) is 0. The van der Waals surface area contributed by atoms with E-state index in [0.717, 1.165) is 11.5 Å². The van der Waals surface area contributed by atoms with Gasteiger partial charge in [0.2, 0.25) is 5.13 Å². The molecule has 0 aliphatic rings. The maximum Gasteiger partial charge on any atom is 0.257 e. The summed E-state index contributed by atoms with van der Waals surface area (Å²) in [5.74, 6) is 6.57. The van der Waals surface area contributed by atoms with Crippen LogP contribution in [0.2, 0.25) is 0 Å². The van der Waals surface area contributed by atoms with E-state index in [2.05, 4.69) is 26.5 Å². The molecule has 6 nitrogen and oxygen atoms in total. The molecule has 0 saturated heterocycles. The lowest BCUT2D eigenvalue weighted by molar-refractivity contribution is 0.102. The van der Waals surface area contributed by atoms with Gasteiger partial charge in [0.1, 0.15) is 11.6 Å². The summed E-state index contributed by atoms with van der Waals surface area (Å²) in [6, 6.07) is 5.02. The molecule has 1 heterocycles. The Balaban J connectivity index is 2.24. The smallest absolute Gasteiger partial charge is 0.257 e. The zero-order valence-electron chi connectivity index (χ0n) is 11.6. The highest BCUT2D eigenvalue weighted by molar-refractivity contribution is 7.09. The minimum atomic E-state index is -0.274. The maximum absolute atomic E-state index is 12.2. The average Bonchev–Trinajstić information content (AvgIpc) is 2.89. The van der Waals surface area contributed by atoms with E-state index in [-0.39, 0.29) is 12.5 Å². The molecule has 1 amide bonds. The summed E-state index contributed by atoms with van der Waals surface area (Å²) in [6.45, 7) is 2.00. The fourth-order valence-corrected chi connectivity index (χ4v) is 2.18. The number of rotatable bonds is 3. The number of carbonyl (C=O) groups is 1. The molecule has 0 atom stereocenters. The predicted octanol–water partition coefficient (Wildman–Crippen LogP) is 1.42. The first-order valence-electron chi connectivity index (χ1n) is 6.12. The summed E-state index contributed by atoms with van der Waals surface area (Å²) < 4.78 is 9.21. The summed E-state index contributed by atoms with van der Waals surface area (Å²) in [7, 11) is 1.55. The molecule has 0 unspecified atom stereocenters. The Hall–Kier alpha value is -2.43. The van der Waals surface area contributed by atoms with Crippen molar-refractivity contribution in [2.24, 2.45) is 5.73 Å². The van der Waals surface area contributed by atoms with Gasteiger partial charge in [0.05, 0.1) is 19.2 Å². The molecule has 2 aromatic rings. The minimum absolute atomic E-state index is 0.240. The first-order chi connectivity index (χ1) is 10.1. The van der Waals surface area contributed by atoms with Crippen LogP contribution in [0.4, 0.5) is 5.13 Å². The van der Waals surface area contributed by atoms with Crippen molar-refractivity contribution in [3.8, 4) is 17.6 Å². The molecule has 0 aliphatic carbocycles. The highest BCUT2D eigenvalue weighted by Crippen LogP contribution is 2.20. The Bertz CT molecular complexity index is 715. The number of nitrogens with zero attached hydrogens (tertiary/aromatic N) is 2. The van der Waals surface area contributed by atoms with E-state index in [1.807, 2.05) is 0 Å². The molecule has 7 heteroatoms. The fraction of sp³-hybridized carbons (Fsp3) is 0.214. The van der Waals surface area contributed by atoms with Crippen LogP contribution in [0.25, 0.3) is 0 Å². The monoisotopic (exact) mass is 302 g/mol. The van der Waals surface area contributed by atoms with E-state index in [0.29, 0.717) is 27.8 Å². The topological polar surface area (TPSA) is 90.1 Å². The molecule has 0 radical (unpaired) electrons. The lowest BCUT2D eigenvalue weighted by atomic mass is 10.1. The van der Waals surface area contributed by atoms with Crippen LogP contribution in [0.3, 0.4) is 0 Å². The number of nitrogens with one attached hydrogen (secondary N) is 1. The van der Waals surface area contributed by atoms with Gasteiger partial charge in [0, 0.05) is 17.1 Å². The molecule has 1 aromatic carbocycles. The number of carbonyl (C=O) groups excluding carboxylic acids is 1. The zero-order valence-corrected chi connectivity index (χ0v) is 12.5. The second kappa shape index (κ2) is 6.83. The first-order valence-corrected chi connectivity index (χ1v) is 6.90. The molecule has 21 heavy (non-hydrogen) atoms. The van der Waals surface area contributed by atoms with Crippen LogP contribution in [-0.2, 0) is 0 Å². The number of ether oxygens (including phenoxy) is 1. The van der Waals surface area contributed by atoms with Crippen molar-refractivity contribution in [1.29, 1.82) is 0 Å². The van der Waals surface area contributed by atoms with Gasteiger partial charge in [-0.05, 0) is 25.1 Å². The Morgan fingerprint density at radius 3 is 2.95 bits per heavy atom. The van der Waals surface area contributed by atoms with Gasteiger partial charge < -0.3 is 10.5 Å². The lowest BCUT2D eigenvalue weighted by Crippen LogP contribution is -2.12.